The predicted octanol–water partition coefficient (Wildman–Crippen LogP) is 2.61. The number of ether oxygens (including phenoxy) is 1. The molecule has 1 aromatic carbocycles. The first-order valence-corrected chi connectivity index (χ1v) is 6.04. The molecular formula is C13H14F3NO2. The van der Waals surface area contributed by atoms with Gasteiger partial charge in [-0.1, -0.05) is 6.07 Å². The number of nitrogens with one attached hydrogen (secondary N) is 1. The van der Waals surface area contributed by atoms with E-state index in [2.05, 4.69) is 5.32 Å². The van der Waals surface area contributed by atoms with Gasteiger partial charge in [0.15, 0.2) is 0 Å². The quantitative estimate of drug-likeness (QED) is 0.919. The molecule has 1 fully saturated rings. The topological polar surface area (TPSA) is 38.3 Å². The Morgan fingerprint density at radius 2 is 2.21 bits per heavy atom. The molecule has 0 radical (unpaired) electrons. The van der Waals surface area contributed by atoms with Crippen LogP contribution in [0.25, 0.3) is 0 Å². The van der Waals surface area contributed by atoms with Gasteiger partial charge in [-0.05, 0) is 31.0 Å². The van der Waals surface area contributed by atoms with E-state index in [0.29, 0.717) is 13.2 Å². The molecule has 0 spiro atoms. The minimum atomic E-state index is -4.44. The highest BCUT2D eigenvalue weighted by molar-refractivity contribution is 5.94. The molecule has 6 heteroatoms. The third-order valence-corrected chi connectivity index (χ3v) is 2.97. The molecule has 1 aliphatic heterocycles. The number of carbonyl (C=O) groups is 1. The zero-order chi connectivity index (χ0) is 13.9. The minimum absolute atomic E-state index is 0.00724. The molecule has 0 saturated carbocycles. The molecule has 1 amide bonds. The maximum Gasteiger partial charge on any atom is 0.416 e. The van der Waals surface area contributed by atoms with Crippen molar-refractivity contribution >= 4 is 5.91 Å². The van der Waals surface area contributed by atoms with Gasteiger partial charge in [-0.15, -0.1) is 0 Å². The van der Waals surface area contributed by atoms with Crippen molar-refractivity contribution in [1.29, 1.82) is 0 Å². The molecule has 1 N–H and O–H groups in total. The van der Waals surface area contributed by atoms with E-state index in [9.17, 15) is 18.0 Å². The van der Waals surface area contributed by atoms with Crippen LogP contribution in [0.2, 0.25) is 0 Å². The lowest BCUT2D eigenvalue weighted by Gasteiger charge is -2.12. The fraction of sp³-hybridized carbons (Fsp3) is 0.462. The van der Waals surface area contributed by atoms with E-state index < -0.39 is 17.6 Å². The Labute approximate surface area is 108 Å². The highest BCUT2D eigenvalue weighted by Crippen LogP contribution is 2.29. The molecule has 1 saturated heterocycles. The van der Waals surface area contributed by atoms with E-state index in [4.69, 9.17) is 4.74 Å². The summed E-state index contributed by atoms with van der Waals surface area (Å²) in [6, 6.07) is 4.38. The molecule has 1 atom stereocenters. The van der Waals surface area contributed by atoms with Crippen LogP contribution in [0.5, 0.6) is 0 Å². The summed E-state index contributed by atoms with van der Waals surface area (Å²) in [6.45, 7) is 0.999. The van der Waals surface area contributed by atoms with Crippen LogP contribution < -0.4 is 5.32 Å². The van der Waals surface area contributed by atoms with Gasteiger partial charge in [0.1, 0.15) is 0 Å². The zero-order valence-corrected chi connectivity index (χ0v) is 10.2. The summed E-state index contributed by atoms with van der Waals surface area (Å²) in [4.78, 5) is 11.7. The number of halogens is 3. The summed E-state index contributed by atoms with van der Waals surface area (Å²) in [7, 11) is 0. The smallest absolute Gasteiger partial charge is 0.376 e. The summed E-state index contributed by atoms with van der Waals surface area (Å²) >= 11 is 0. The van der Waals surface area contributed by atoms with Crippen LogP contribution in [0, 0.1) is 0 Å². The summed E-state index contributed by atoms with van der Waals surface area (Å²) in [5.41, 5.74) is -0.815. The summed E-state index contributed by atoms with van der Waals surface area (Å²) in [5.74, 6) is -0.512. The Hall–Kier alpha value is -1.56. The van der Waals surface area contributed by atoms with Crippen LogP contribution in [-0.2, 0) is 10.9 Å². The van der Waals surface area contributed by atoms with Gasteiger partial charge in [-0.2, -0.15) is 13.2 Å². The molecule has 0 bridgehead atoms. The lowest BCUT2D eigenvalue weighted by atomic mass is 10.1. The molecule has 1 aliphatic rings. The van der Waals surface area contributed by atoms with E-state index in [-0.39, 0.29) is 11.7 Å². The number of hydrogen-bond donors (Lipinski definition) is 1. The summed E-state index contributed by atoms with van der Waals surface area (Å²) in [5, 5.41) is 2.59. The van der Waals surface area contributed by atoms with Crippen molar-refractivity contribution in [2.24, 2.45) is 0 Å². The highest BCUT2D eigenvalue weighted by atomic mass is 19.4. The van der Waals surface area contributed by atoms with Crippen LogP contribution in [0.3, 0.4) is 0 Å². The minimum Gasteiger partial charge on any atom is -0.376 e. The molecule has 19 heavy (non-hydrogen) atoms. The Morgan fingerprint density at radius 3 is 2.84 bits per heavy atom. The van der Waals surface area contributed by atoms with Crippen LogP contribution in [-0.4, -0.2) is 25.2 Å². The second-order valence-corrected chi connectivity index (χ2v) is 4.42. The summed E-state index contributed by atoms with van der Waals surface area (Å²) in [6.07, 6.45) is -2.66. The van der Waals surface area contributed by atoms with E-state index in [1.807, 2.05) is 0 Å². The Morgan fingerprint density at radius 1 is 1.42 bits per heavy atom. The van der Waals surface area contributed by atoms with Crippen LogP contribution >= 0.6 is 0 Å². The van der Waals surface area contributed by atoms with E-state index >= 15 is 0 Å². The molecule has 104 valence electrons. The molecule has 3 nitrogen and oxygen atoms in total. The van der Waals surface area contributed by atoms with Gasteiger partial charge in [-0.25, -0.2) is 0 Å². The Bertz CT molecular complexity index is 453. The molecular weight excluding hydrogens is 259 g/mol. The van der Waals surface area contributed by atoms with Crippen molar-refractivity contribution < 1.29 is 22.7 Å². The molecule has 2 rings (SSSR count). The normalized spacial score (nSPS) is 19.4. The monoisotopic (exact) mass is 273 g/mol. The second kappa shape index (κ2) is 5.61. The van der Waals surface area contributed by atoms with Crippen LogP contribution in [0.4, 0.5) is 13.2 Å². The van der Waals surface area contributed by atoms with Gasteiger partial charge in [0.2, 0.25) is 0 Å². The maximum atomic E-state index is 12.5. The molecule has 0 aliphatic carbocycles. The van der Waals surface area contributed by atoms with Crippen molar-refractivity contribution in [2.45, 2.75) is 25.1 Å². The lowest BCUT2D eigenvalue weighted by Crippen LogP contribution is -2.31. The number of benzene rings is 1. The van der Waals surface area contributed by atoms with Gasteiger partial charge in [0, 0.05) is 18.7 Å². The maximum absolute atomic E-state index is 12.5. The van der Waals surface area contributed by atoms with Crippen molar-refractivity contribution in [3.63, 3.8) is 0 Å². The number of hydrogen-bond acceptors (Lipinski definition) is 2. The number of alkyl halides is 3. The molecule has 0 unspecified atom stereocenters. The van der Waals surface area contributed by atoms with Crippen molar-refractivity contribution in [3.05, 3.63) is 35.4 Å². The Kier molecular flexibility index (Phi) is 4.09. The average molecular weight is 273 g/mol. The van der Waals surface area contributed by atoms with Crippen LogP contribution in [0.15, 0.2) is 24.3 Å². The zero-order valence-electron chi connectivity index (χ0n) is 10.2. The van der Waals surface area contributed by atoms with Gasteiger partial charge < -0.3 is 10.1 Å². The van der Waals surface area contributed by atoms with Gasteiger partial charge in [0.25, 0.3) is 5.91 Å². The third kappa shape index (κ3) is 3.70. The highest BCUT2D eigenvalue weighted by Gasteiger charge is 2.30. The van der Waals surface area contributed by atoms with Gasteiger partial charge in [0.05, 0.1) is 11.7 Å². The lowest BCUT2D eigenvalue weighted by molar-refractivity contribution is -0.137. The average Bonchev–Trinajstić information content (AvgIpc) is 2.88. The molecule has 1 heterocycles. The molecule has 1 aromatic rings. The SMILES string of the molecule is O=C(NC[C@H]1CCCO1)c1cccc(C(F)(F)F)c1. The number of amides is 1. The fourth-order valence-corrected chi connectivity index (χ4v) is 1.95. The van der Waals surface area contributed by atoms with E-state index in [1.165, 1.54) is 12.1 Å². The Balaban J connectivity index is 1.98. The van der Waals surface area contributed by atoms with Gasteiger partial charge in [-0.3, -0.25) is 4.79 Å². The number of carbonyl (C=O) groups excluding carboxylic acids is 1. The molecule has 0 aromatic heterocycles. The summed E-state index contributed by atoms with van der Waals surface area (Å²) < 4.78 is 42.9. The first-order chi connectivity index (χ1) is 8.97. The largest absolute Gasteiger partial charge is 0.416 e. The van der Waals surface area contributed by atoms with E-state index in [1.54, 1.807) is 0 Å². The van der Waals surface area contributed by atoms with Gasteiger partial charge >= 0.3 is 6.18 Å². The van der Waals surface area contributed by atoms with Crippen molar-refractivity contribution in [3.8, 4) is 0 Å². The predicted molar refractivity (Wildman–Crippen MR) is 62.8 cm³/mol. The van der Waals surface area contributed by atoms with Crippen molar-refractivity contribution in [1.82, 2.24) is 5.32 Å². The van der Waals surface area contributed by atoms with Crippen LogP contribution in [0.1, 0.15) is 28.8 Å². The number of rotatable bonds is 3. The second-order valence-electron chi connectivity index (χ2n) is 4.42. The third-order valence-electron chi connectivity index (χ3n) is 2.97. The first-order valence-electron chi connectivity index (χ1n) is 6.04. The fourth-order valence-electron chi connectivity index (χ4n) is 1.95. The standard InChI is InChI=1S/C13H14F3NO2/c14-13(15,16)10-4-1-3-9(7-10)12(18)17-8-11-5-2-6-19-11/h1,3-4,7,11H,2,5-6,8H2,(H,17,18)/t11-/m1/s1. The first kappa shape index (κ1) is 13.9. The van der Waals surface area contributed by atoms with E-state index in [0.717, 1.165) is 25.0 Å². The van der Waals surface area contributed by atoms with Crippen molar-refractivity contribution in [2.75, 3.05) is 13.2 Å².